The van der Waals surface area contributed by atoms with Crippen LogP contribution in [-0.4, -0.2) is 71.8 Å². The topological polar surface area (TPSA) is 87.2 Å². The van der Waals surface area contributed by atoms with Gasteiger partial charge in [0.15, 0.2) is 0 Å². The van der Waals surface area contributed by atoms with Crippen LogP contribution in [0.1, 0.15) is 19.8 Å². The molecule has 2 aromatic rings. The maximum atomic E-state index is 13.3. The summed E-state index contributed by atoms with van der Waals surface area (Å²) in [6.45, 7) is 4.26. The Morgan fingerprint density at radius 3 is 2.06 bits per heavy atom. The van der Waals surface area contributed by atoms with Gasteiger partial charge in [-0.25, -0.2) is 16.8 Å². The zero-order chi connectivity index (χ0) is 25.4. The number of sulfonamides is 2. The number of ether oxygens (including phenoxy) is 1. The monoisotopic (exact) mass is 561 g/mol. The Morgan fingerprint density at radius 2 is 1.46 bits per heavy atom. The van der Waals surface area contributed by atoms with Crippen molar-refractivity contribution in [3.05, 3.63) is 46.4 Å². The van der Waals surface area contributed by atoms with E-state index in [0.717, 1.165) is 12.8 Å². The van der Waals surface area contributed by atoms with Gasteiger partial charge in [0.1, 0.15) is 5.75 Å². The van der Waals surface area contributed by atoms with E-state index in [4.69, 9.17) is 27.9 Å². The molecule has 0 bridgehead atoms. The number of nitrogens with zero attached hydrogens (tertiary/aromatic N) is 3. The van der Waals surface area contributed by atoms with Crippen molar-refractivity contribution >= 4 is 48.9 Å². The van der Waals surface area contributed by atoms with Crippen molar-refractivity contribution < 1.29 is 21.6 Å². The molecule has 0 unspecified atom stereocenters. The Hall–Kier alpha value is -1.56. The van der Waals surface area contributed by atoms with Gasteiger partial charge in [-0.2, -0.15) is 8.61 Å². The van der Waals surface area contributed by atoms with Gasteiger partial charge in [0, 0.05) is 49.3 Å². The van der Waals surface area contributed by atoms with Crippen molar-refractivity contribution in [2.75, 3.05) is 51.3 Å². The highest BCUT2D eigenvalue weighted by Gasteiger charge is 2.32. The predicted octanol–water partition coefficient (Wildman–Crippen LogP) is 3.93. The second-order valence-electron chi connectivity index (χ2n) is 8.94. The summed E-state index contributed by atoms with van der Waals surface area (Å²) in [7, 11) is -5.88. The first-order valence-corrected chi connectivity index (χ1v) is 15.1. The van der Waals surface area contributed by atoms with Gasteiger partial charge in [-0.1, -0.05) is 30.1 Å². The summed E-state index contributed by atoms with van der Waals surface area (Å²) < 4.78 is 61.3. The molecule has 192 valence electrons. The second-order valence-corrected chi connectivity index (χ2v) is 13.7. The highest BCUT2D eigenvalue weighted by atomic mass is 35.5. The molecule has 0 radical (unpaired) electrons. The molecule has 0 spiro atoms. The first kappa shape index (κ1) is 26.5. The fourth-order valence-electron chi connectivity index (χ4n) is 4.59. The Morgan fingerprint density at radius 1 is 0.829 bits per heavy atom. The van der Waals surface area contributed by atoms with Gasteiger partial charge in [0.05, 0.1) is 22.6 Å². The first-order valence-electron chi connectivity index (χ1n) is 11.4. The number of rotatable bonds is 6. The molecule has 2 fully saturated rings. The Kier molecular flexibility index (Phi) is 7.90. The smallest absolute Gasteiger partial charge is 0.243 e. The van der Waals surface area contributed by atoms with Crippen molar-refractivity contribution in [3.63, 3.8) is 0 Å². The fourth-order valence-corrected chi connectivity index (χ4v) is 8.36. The van der Waals surface area contributed by atoms with Gasteiger partial charge in [-0.3, -0.25) is 0 Å². The molecule has 8 nitrogen and oxygen atoms in total. The van der Waals surface area contributed by atoms with Crippen LogP contribution in [0, 0.1) is 5.92 Å². The van der Waals surface area contributed by atoms with E-state index in [2.05, 4.69) is 6.92 Å². The molecule has 2 aromatic carbocycles. The average Bonchev–Trinajstić information content (AvgIpc) is 2.83. The molecule has 0 aliphatic carbocycles. The number of methoxy groups -OCH3 is 1. The third kappa shape index (κ3) is 5.57. The molecule has 35 heavy (non-hydrogen) atoms. The minimum absolute atomic E-state index is 0.0462. The summed E-state index contributed by atoms with van der Waals surface area (Å²) in [5.41, 5.74) is 0.626. The van der Waals surface area contributed by atoms with E-state index in [1.54, 1.807) is 22.5 Å². The third-order valence-electron chi connectivity index (χ3n) is 6.46. The van der Waals surface area contributed by atoms with Gasteiger partial charge in [-0.15, -0.1) is 0 Å². The van der Waals surface area contributed by atoms with Gasteiger partial charge < -0.3 is 9.64 Å². The number of halogens is 2. The summed E-state index contributed by atoms with van der Waals surface area (Å²) in [5.74, 6) is 0.856. The van der Waals surface area contributed by atoms with Crippen LogP contribution in [0.2, 0.25) is 10.0 Å². The number of piperazine rings is 1. The number of anilines is 1. The molecule has 0 saturated carbocycles. The molecular formula is C23H29Cl2N3O5S2. The molecule has 4 rings (SSSR count). The van der Waals surface area contributed by atoms with E-state index in [9.17, 15) is 16.8 Å². The van der Waals surface area contributed by atoms with E-state index in [-0.39, 0.29) is 32.9 Å². The van der Waals surface area contributed by atoms with E-state index in [1.165, 1.54) is 29.6 Å². The van der Waals surface area contributed by atoms with Crippen LogP contribution in [0.25, 0.3) is 0 Å². The zero-order valence-electron chi connectivity index (χ0n) is 19.7. The van der Waals surface area contributed by atoms with Crippen molar-refractivity contribution in [1.82, 2.24) is 8.61 Å². The van der Waals surface area contributed by atoms with Crippen molar-refractivity contribution in [3.8, 4) is 5.75 Å². The molecule has 1 atom stereocenters. The molecule has 12 heteroatoms. The van der Waals surface area contributed by atoms with Crippen molar-refractivity contribution in [2.24, 2.45) is 5.92 Å². The minimum Gasteiger partial charge on any atom is -0.495 e. The van der Waals surface area contributed by atoms with E-state index >= 15 is 0 Å². The van der Waals surface area contributed by atoms with Crippen LogP contribution in [0.15, 0.2) is 46.2 Å². The molecule has 2 saturated heterocycles. The molecule has 2 aliphatic rings. The Bertz CT molecular complexity index is 1280. The largest absolute Gasteiger partial charge is 0.495 e. The predicted molar refractivity (Wildman–Crippen MR) is 138 cm³/mol. The van der Waals surface area contributed by atoms with Gasteiger partial charge in [0.25, 0.3) is 0 Å². The molecule has 2 heterocycles. The summed E-state index contributed by atoms with van der Waals surface area (Å²) in [6, 6.07) is 9.11. The van der Waals surface area contributed by atoms with Crippen LogP contribution in [0.5, 0.6) is 5.75 Å². The average molecular weight is 563 g/mol. The molecule has 0 amide bonds. The number of benzene rings is 2. The second kappa shape index (κ2) is 10.4. The Labute approximate surface area is 217 Å². The van der Waals surface area contributed by atoms with Crippen LogP contribution >= 0.6 is 23.2 Å². The lowest BCUT2D eigenvalue weighted by Crippen LogP contribution is -2.48. The minimum atomic E-state index is -3.78. The summed E-state index contributed by atoms with van der Waals surface area (Å²) in [6.07, 6.45) is 1.87. The molecule has 0 N–H and O–H groups in total. The maximum absolute atomic E-state index is 13.3. The van der Waals surface area contributed by atoms with E-state index < -0.39 is 20.0 Å². The normalized spacial score (nSPS) is 20.7. The van der Waals surface area contributed by atoms with E-state index in [1.807, 2.05) is 4.90 Å². The van der Waals surface area contributed by atoms with Crippen LogP contribution < -0.4 is 9.64 Å². The first-order chi connectivity index (χ1) is 16.5. The highest BCUT2D eigenvalue weighted by Crippen LogP contribution is 2.34. The number of hydrogen-bond donors (Lipinski definition) is 0. The van der Waals surface area contributed by atoms with Gasteiger partial charge in [-0.05, 0) is 55.2 Å². The quantitative estimate of drug-likeness (QED) is 0.531. The van der Waals surface area contributed by atoms with Crippen LogP contribution in [-0.2, 0) is 20.0 Å². The summed E-state index contributed by atoms with van der Waals surface area (Å²) in [4.78, 5) is 2.21. The zero-order valence-corrected chi connectivity index (χ0v) is 22.8. The summed E-state index contributed by atoms with van der Waals surface area (Å²) in [5, 5.41) is 0.501. The lowest BCUT2D eigenvalue weighted by atomic mass is 10.0. The SMILES string of the molecule is COc1ccc(S(=O)(=O)N2CCC[C@H](C)C2)cc1N1CCN(S(=O)(=O)c2cc(Cl)cc(Cl)c2)CC1. The standard InChI is InChI=1S/C23H29Cl2N3O5S2/c1-17-4-3-7-28(16-17)34(29,30)20-5-6-23(33-2)22(15-20)26-8-10-27(11-9-26)35(31,32)21-13-18(24)12-19(25)14-21/h5-6,12-15,17H,3-4,7-11,16H2,1-2H3/t17-/m0/s1. The Balaban J connectivity index is 1.55. The van der Waals surface area contributed by atoms with Gasteiger partial charge in [0.2, 0.25) is 20.0 Å². The fraction of sp³-hybridized carbons (Fsp3) is 0.478. The summed E-state index contributed by atoms with van der Waals surface area (Å²) >= 11 is 12.0. The highest BCUT2D eigenvalue weighted by molar-refractivity contribution is 7.89. The lowest BCUT2D eigenvalue weighted by molar-refractivity contribution is 0.281. The number of piperidine rings is 1. The van der Waals surface area contributed by atoms with E-state index in [0.29, 0.717) is 43.5 Å². The van der Waals surface area contributed by atoms with Crippen molar-refractivity contribution in [1.29, 1.82) is 0 Å². The lowest BCUT2D eigenvalue weighted by Gasteiger charge is -2.36. The number of hydrogen-bond acceptors (Lipinski definition) is 6. The van der Waals surface area contributed by atoms with Crippen LogP contribution in [0.4, 0.5) is 5.69 Å². The van der Waals surface area contributed by atoms with Gasteiger partial charge >= 0.3 is 0 Å². The van der Waals surface area contributed by atoms with Crippen molar-refractivity contribution in [2.45, 2.75) is 29.6 Å². The third-order valence-corrected chi connectivity index (χ3v) is 10.6. The van der Waals surface area contributed by atoms with Crippen LogP contribution in [0.3, 0.4) is 0 Å². The molecule has 0 aromatic heterocycles. The maximum Gasteiger partial charge on any atom is 0.243 e. The molecule has 2 aliphatic heterocycles. The molecular weight excluding hydrogens is 533 g/mol.